The zero-order valence-electron chi connectivity index (χ0n) is 9.06. The van der Waals surface area contributed by atoms with Gasteiger partial charge in [-0.25, -0.2) is 4.79 Å². The Kier molecular flexibility index (Phi) is 6.97. The van der Waals surface area contributed by atoms with Gasteiger partial charge in [-0.3, -0.25) is 4.79 Å². The zero-order valence-corrected chi connectivity index (χ0v) is 9.06. The van der Waals surface area contributed by atoms with Gasteiger partial charge in [-0.1, -0.05) is 19.9 Å². The van der Waals surface area contributed by atoms with Crippen molar-refractivity contribution >= 4 is 12.4 Å². The number of esters is 1. The molecule has 0 rings (SSSR count). The maximum absolute atomic E-state index is 11.3. The van der Waals surface area contributed by atoms with Gasteiger partial charge in [-0.2, -0.15) is 0 Å². The molecule has 0 saturated heterocycles. The van der Waals surface area contributed by atoms with Crippen LogP contribution in [0, 0.1) is 0 Å². The quantitative estimate of drug-likeness (QED) is 0.280. The molecule has 0 aromatic rings. The van der Waals surface area contributed by atoms with E-state index >= 15 is 0 Å². The molecule has 0 aromatic heterocycles. The van der Waals surface area contributed by atoms with Gasteiger partial charge in [-0.05, 0) is 25.0 Å². The predicted molar refractivity (Wildman–Crippen MR) is 55.9 cm³/mol. The lowest BCUT2D eigenvalue weighted by Gasteiger charge is -2.11. The van der Waals surface area contributed by atoms with E-state index in [4.69, 9.17) is 4.74 Å². The average molecular weight is 212 g/mol. The Labute approximate surface area is 89.6 Å². The van der Waals surface area contributed by atoms with E-state index in [2.05, 4.69) is 11.3 Å². The second kappa shape index (κ2) is 7.79. The van der Waals surface area contributed by atoms with Crippen molar-refractivity contribution < 1.29 is 19.1 Å². The summed E-state index contributed by atoms with van der Waals surface area (Å²) in [5, 5.41) is 0. The number of carbonyl (C=O) groups is 2. The van der Waals surface area contributed by atoms with Gasteiger partial charge < -0.3 is 9.47 Å². The monoisotopic (exact) mass is 212 g/mol. The van der Waals surface area contributed by atoms with Crippen LogP contribution in [-0.2, 0) is 19.1 Å². The third-order valence-electron chi connectivity index (χ3n) is 1.59. The van der Waals surface area contributed by atoms with Gasteiger partial charge in [0.05, 0.1) is 6.26 Å². The van der Waals surface area contributed by atoms with Gasteiger partial charge in [0.15, 0.2) is 0 Å². The second-order valence-corrected chi connectivity index (χ2v) is 3.06. The lowest BCUT2D eigenvalue weighted by molar-refractivity contribution is -0.154. The number of allylic oxidation sites excluding steroid dienone is 1. The molecule has 0 aromatic carbocycles. The van der Waals surface area contributed by atoms with Crippen LogP contribution in [-0.4, -0.2) is 18.5 Å². The molecule has 0 aliphatic carbocycles. The molecule has 84 valence electrons. The summed E-state index contributed by atoms with van der Waals surface area (Å²) in [6.07, 6.45) is 3.82. The molecule has 0 amide bonds. The van der Waals surface area contributed by atoms with Crippen molar-refractivity contribution in [1.29, 1.82) is 0 Å². The van der Waals surface area contributed by atoms with Gasteiger partial charge in [0, 0.05) is 0 Å². The summed E-state index contributed by atoms with van der Waals surface area (Å²) in [6, 6.07) is 0. The number of hydrogen-bond donors (Lipinski definition) is 0. The molecular formula is C11H16O4. The van der Waals surface area contributed by atoms with Crippen molar-refractivity contribution in [3.63, 3.8) is 0 Å². The van der Waals surface area contributed by atoms with Crippen molar-refractivity contribution in [2.45, 2.75) is 32.8 Å². The minimum Gasteiger partial charge on any atom is -0.448 e. The molecule has 0 spiro atoms. The Bertz CT molecular complexity index is 255. The molecule has 0 N–H and O–H groups in total. The Morgan fingerprint density at radius 2 is 2.20 bits per heavy atom. The molecule has 0 bridgehead atoms. The Morgan fingerprint density at radius 1 is 1.53 bits per heavy atom. The predicted octanol–water partition coefficient (Wildman–Crippen LogP) is 1.96. The lowest BCUT2D eigenvalue weighted by Crippen LogP contribution is -2.25. The highest BCUT2D eigenvalue weighted by Gasteiger charge is 2.21. The molecule has 1 unspecified atom stereocenters. The van der Waals surface area contributed by atoms with E-state index in [0.717, 1.165) is 12.8 Å². The highest BCUT2D eigenvalue weighted by Crippen LogP contribution is 2.05. The summed E-state index contributed by atoms with van der Waals surface area (Å²) in [6.45, 7) is 7.34. The van der Waals surface area contributed by atoms with Gasteiger partial charge in [0.2, 0.25) is 6.10 Å². The maximum atomic E-state index is 11.3. The summed E-state index contributed by atoms with van der Waals surface area (Å²) in [7, 11) is 0. The molecule has 0 heterocycles. The number of unbranched alkanes of at least 4 members (excludes halogenated alkanes) is 1. The number of carbonyl (C=O) groups excluding carboxylic acids is 2. The summed E-state index contributed by atoms with van der Waals surface area (Å²) in [5.74, 6) is -0.637. The smallest absolute Gasteiger partial charge is 0.356 e. The van der Waals surface area contributed by atoms with Crippen LogP contribution < -0.4 is 0 Å². The molecule has 0 aliphatic heterocycles. The first kappa shape index (κ1) is 13.4. The normalized spacial score (nSPS) is 12.1. The van der Waals surface area contributed by atoms with Gasteiger partial charge in [0.25, 0.3) is 6.47 Å². The fraction of sp³-hybridized carbons (Fsp3) is 0.455. The largest absolute Gasteiger partial charge is 0.448 e. The van der Waals surface area contributed by atoms with Crippen LogP contribution in [0.5, 0.6) is 0 Å². The zero-order chi connectivity index (χ0) is 11.7. The SMILES string of the molecule is C=C(C)C(OC=O)C(=O)OC=CCCC. The molecular weight excluding hydrogens is 196 g/mol. The summed E-state index contributed by atoms with van der Waals surface area (Å²) in [4.78, 5) is 21.4. The van der Waals surface area contributed by atoms with E-state index in [9.17, 15) is 9.59 Å². The van der Waals surface area contributed by atoms with E-state index < -0.39 is 12.1 Å². The third-order valence-corrected chi connectivity index (χ3v) is 1.59. The molecule has 4 heteroatoms. The minimum atomic E-state index is -1.02. The van der Waals surface area contributed by atoms with Crippen LogP contribution in [0.25, 0.3) is 0 Å². The Hall–Kier alpha value is -1.58. The van der Waals surface area contributed by atoms with Crippen molar-refractivity contribution in [3.8, 4) is 0 Å². The molecule has 1 atom stereocenters. The fourth-order valence-electron chi connectivity index (χ4n) is 0.840. The first-order valence-corrected chi connectivity index (χ1v) is 4.73. The standard InChI is InChI=1S/C11H16O4/c1-4-5-6-7-14-11(13)10(9(2)3)15-8-12/h6-8,10H,2,4-5H2,1,3H3. The van der Waals surface area contributed by atoms with Crippen LogP contribution in [0.3, 0.4) is 0 Å². The summed E-state index contributed by atoms with van der Waals surface area (Å²) < 4.78 is 9.29. The highest BCUT2D eigenvalue weighted by atomic mass is 16.6. The average Bonchev–Trinajstić information content (AvgIpc) is 2.20. The van der Waals surface area contributed by atoms with Crippen LogP contribution >= 0.6 is 0 Å². The van der Waals surface area contributed by atoms with Crippen molar-refractivity contribution in [2.24, 2.45) is 0 Å². The van der Waals surface area contributed by atoms with Crippen molar-refractivity contribution in [3.05, 3.63) is 24.5 Å². The van der Waals surface area contributed by atoms with Crippen LogP contribution in [0.1, 0.15) is 26.7 Å². The molecule has 0 radical (unpaired) electrons. The van der Waals surface area contributed by atoms with E-state index in [1.54, 1.807) is 13.0 Å². The third kappa shape index (κ3) is 5.67. The van der Waals surface area contributed by atoms with Gasteiger partial charge >= 0.3 is 5.97 Å². The van der Waals surface area contributed by atoms with E-state index in [0.29, 0.717) is 5.57 Å². The molecule has 4 nitrogen and oxygen atoms in total. The Morgan fingerprint density at radius 3 is 2.67 bits per heavy atom. The van der Waals surface area contributed by atoms with Crippen LogP contribution in [0.15, 0.2) is 24.5 Å². The first-order chi connectivity index (χ1) is 7.13. The van der Waals surface area contributed by atoms with Gasteiger partial charge in [0.1, 0.15) is 0 Å². The first-order valence-electron chi connectivity index (χ1n) is 4.73. The number of ether oxygens (including phenoxy) is 2. The molecule has 15 heavy (non-hydrogen) atoms. The van der Waals surface area contributed by atoms with Crippen LogP contribution in [0.2, 0.25) is 0 Å². The maximum Gasteiger partial charge on any atom is 0.356 e. The fourth-order valence-corrected chi connectivity index (χ4v) is 0.840. The molecule has 0 aliphatic rings. The second-order valence-electron chi connectivity index (χ2n) is 3.06. The van der Waals surface area contributed by atoms with Crippen molar-refractivity contribution in [1.82, 2.24) is 0 Å². The molecule has 0 saturated carbocycles. The van der Waals surface area contributed by atoms with E-state index in [1.807, 2.05) is 6.92 Å². The topological polar surface area (TPSA) is 52.6 Å². The van der Waals surface area contributed by atoms with E-state index in [-0.39, 0.29) is 6.47 Å². The van der Waals surface area contributed by atoms with Gasteiger partial charge in [-0.15, -0.1) is 0 Å². The lowest BCUT2D eigenvalue weighted by atomic mass is 10.2. The number of rotatable bonds is 7. The minimum absolute atomic E-state index is 0.205. The molecule has 0 fully saturated rings. The van der Waals surface area contributed by atoms with E-state index in [1.165, 1.54) is 6.26 Å². The highest BCUT2D eigenvalue weighted by molar-refractivity contribution is 5.79. The number of hydrogen-bond acceptors (Lipinski definition) is 4. The Balaban J connectivity index is 4.14. The van der Waals surface area contributed by atoms with Crippen LogP contribution in [0.4, 0.5) is 0 Å². The van der Waals surface area contributed by atoms with Crippen molar-refractivity contribution in [2.75, 3.05) is 0 Å². The summed E-state index contributed by atoms with van der Waals surface area (Å²) in [5.41, 5.74) is 0.427. The summed E-state index contributed by atoms with van der Waals surface area (Å²) >= 11 is 0.